The summed E-state index contributed by atoms with van der Waals surface area (Å²) in [4.78, 5) is 23.7. The second kappa shape index (κ2) is 7.40. The Hall–Kier alpha value is -1.80. The van der Waals surface area contributed by atoms with Gasteiger partial charge >= 0.3 is 5.97 Å². The summed E-state index contributed by atoms with van der Waals surface area (Å²) in [7, 11) is -4.16. The van der Waals surface area contributed by atoms with Crippen LogP contribution in [0.15, 0.2) is 23.1 Å². The van der Waals surface area contributed by atoms with Crippen molar-refractivity contribution in [2.75, 3.05) is 6.61 Å². The van der Waals surface area contributed by atoms with Gasteiger partial charge in [-0.3, -0.25) is 9.59 Å². The first kappa shape index (κ1) is 18.5. The first-order valence-corrected chi connectivity index (χ1v) is 9.27. The molecule has 1 aromatic carbocycles. The molecular weight excluding hydrogens is 337 g/mol. The number of sulfonamides is 1. The van der Waals surface area contributed by atoms with E-state index in [1.165, 1.54) is 6.07 Å². The summed E-state index contributed by atoms with van der Waals surface area (Å²) in [5, 5.41) is 4.91. The number of ether oxygens (including phenoxy) is 1. The molecule has 24 heavy (non-hydrogen) atoms. The molecule has 8 heteroatoms. The standard InChI is InChI=1S/C16H20FNO5S/c1-2-23-16(20)12(14(19)9-10-3-4-10)7-11-5-6-15(13(17)8-11)24(18,21)22/h5-6,8,10,12H,2-4,7,9H2,1H3,(H2,18,21,22). The summed E-state index contributed by atoms with van der Waals surface area (Å²) in [5.41, 5.74) is 0.335. The maximum atomic E-state index is 13.9. The van der Waals surface area contributed by atoms with Crippen LogP contribution in [0.1, 0.15) is 31.7 Å². The van der Waals surface area contributed by atoms with E-state index in [9.17, 15) is 22.4 Å². The molecule has 0 amide bonds. The van der Waals surface area contributed by atoms with Gasteiger partial charge in [-0.05, 0) is 49.8 Å². The van der Waals surface area contributed by atoms with E-state index in [1.807, 2.05) is 0 Å². The van der Waals surface area contributed by atoms with Gasteiger partial charge in [0.15, 0.2) is 0 Å². The zero-order valence-corrected chi connectivity index (χ0v) is 14.1. The molecule has 1 saturated carbocycles. The Morgan fingerprint density at radius 3 is 2.54 bits per heavy atom. The van der Waals surface area contributed by atoms with Crippen molar-refractivity contribution in [2.45, 2.75) is 37.5 Å². The molecule has 0 saturated heterocycles. The van der Waals surface area contributed by atoms with Crippen LogP contribution in [-0.2, 0) is 30.8 Å². The van der Waals surface area contributed by atoms with E-state index in [4.69, 9.17) is 9.88 Å². The number of hydrogen-bond donors (Lipinski definition) is 1. The normalized spacial score (nSPS) is 15.8. The molecule has 1 unspecified atom stereocenters. The third-order valence-corrected chi connectivity index (χ3v) is 4.83. The second-order valence-corrected chi connectivity index (χ2v) is 7.46. The molecule has 1 fully saturated rings. The topological polar surface area (TPSA) is 104 Å². The fourth-order valence-corrected chi connectivity index (χ4v) is 3.05. The second-order valence-electron chi connectivity index (χ2n) is 5.93. The summed E-state index contributed by atoms with van der Waals surface area (Å²) in [6.07, 6.45) is 2.21. The lowest BCUT2D eigenvalue weighted by molar-refractivity contribution is -0.151. The van der Waals surface area contributed by atoms with Crippen LogP contribution in [0.3, 0.4) is 0 Å². The van der Waals surface area contributed by atoms with E-state index < -0.39 is 32.6 Å². The summed E-state index contributed by atoms with van der Waals surface area (Å²) in [6, 6.07) is 3.36. The molecule has 0 aromatic heterocycles. The van der Waals surface area contributed by atoms with Gasteiger partial charge in [-0.25, -0.2) is 17.9 Å². The molecule has 0 bridgehead atoms. The van der Waals surface area contributed by atoms with Gasteiger partial charge in [-0.2, -0.15) is 0 Å². The predicted octanol–water partition coefficient (Wildman–Crippen LogP) is 1.56. The van der Waals surface area contributed by atoms with Crippen LogP contribution in [0, 0.1) is 17.7 Å². The maximum Gasteiger partial charge on any atom is 0.316 e. The number of ketones is 1. The van der Waals surface area contributed by atoms with Gasteiger partial charge in [0.2, 0.25) is 10.0 Å². The van der Waals surface area contributed by atoms with E-state index in [0.29, 0.717) is 17.9 Å². The molecule has 132 valence electrons. The Labute approximate surface area is 140 Å². The molecule has 0 spiro atoms. The highest BCUT2D eigenvalue weighted by atomic mass is 32.2. The number of benzene rings is 1. The van der Waals surface area contributed by atoms with Crippen molar-refractivity contribution in [3.8, 4) is 0 Å². The highest BCUT2D eigenvalue weighted by Gasteiger charge is 2.33. The molecule has 2 rings (SSSR count). The quantitative estimate of drug-likeness (QED) is 0.562. The third-order valence-electron chi connectivity index (χ3n) is 3.89. The van der Waals surface area contributed by atoms with Gasteiger partial charge in [-0.15, -0.1) is 0 Å². The average molecular weight is 357 g/mol. The number of carbonyl (C=O) groups excluding carboxylic acids is 2. The van der Waals surface area contributed by atoms with Crippen LogP contribution in [0.4, 0.5) is 4.39 Å². The molecule has 6 nitrogen and oxygen atoms in total. The van der Waals surface area contributed by atoms with Gasteiger partial charge in [0.25, 0.3) is 0 Å². The Morgan fingerprint density at radius 1 is 1.38 bits per heavy atom. The van der Waals surface area contributed by atoms with Gasteiger partial charge in [0.1, 0.15) is 22.4 Å². The number of halogens is 1. The zero-order valence-electron chi connectivity index (χ0n) is 13.3. The lowest BCUT2D eigenvalue weighted by Crippen LogP contribution is -2.28. The number of rotatable bonds is 8. The number of hydrogen-bond acceptors (Lipinski definition) is 5. The molecule has 0 heterocycles. The number of primary sulfonamides is 1. The van der Waals surface area contributed by atoms with Gasteiger partial charge in [-0.1, -0.05) is 6.07 Å². The van der Waals surface area contributed by atoms with E-state index in [1.54, 1.807) is 6.92 Å². The molecule has 1 aromatic rings. The Bertz CT molecular complexity index is 743. The summed E-state index contributed by atoms with van der Waals surface area (Å²) in [5.74, 6) is -2.57. The Kier molecular flexibility index (Phi) is 5.71. The highest BCUT2D eigenvalue weighted by Crippen LogP contribution is 2.34. The molecule has 1 atom stereocenters. The maximum absolute atomic E-state index is 13.9. The molecule has 2 N–H and O–H groups in total. The molecule has 0 radical (unpaired) electrons. The monoisotopic (exact) mass is 357 g/mol. The molecule has 0 aliphatic heterocycles. The number of carbonyl (C=O) groups is 2. The fraction of sp³-hybridized carbons (Fsp3) is 0.500. The first-order valence-electron chi connectivity index (χ1n) is 7.73. The minimum absolute atomic E-state index is 0.0355. The average Bonchev–Trinajstić information content (AvgIpc) is 3.27. The number of esters is 1. The summed E-state index contributed by atoms with van der Waals surface area (Å²) in [6.45, 7) is 1.78. The van der Waals surface area contributed by atoms with E-state index >= 15 is 0 Å². The summed E-state index contributed by atoms with van der Waals surface area (Å²) >= 11 is 0. The zero-order chi connectivity index (χ0) is 17.9. The first-order chi connectivity index (χ1) is 11.2. The van der Waals surface area contributed by atoms with E-state index in [-0.39, 0.29) is 18.8 Å². The van der Waals surface area contributed by atoms with E-state index in [0.717, 1.165) is 25.0 Å². The van der Waals surface area contributed by atoms with Crippen LogP contribution >= 0.6 is 0 Å². The smallest absolute Gasteiger partial charge is 0.316 e. The fourth-order valence-electron chi connectivity index (χ4n) is 2.46. The highest BCUT2D eigenvalue weighted by molar-refractivity contribution is 7.89. The lowest BCUT2D eigenvalue weighted by atomic mass is 9.92. The largest absolute Gasteiger partial charge is 0.465 e. The SMILES string of the molecule is CCOC(=O)C(Cc1ccc(S(N)(=O)=O)c(F)c1)C(=O)CC1CC1. The van der Waals surface area contributed by atoms with Crippen LogP contribution < -0.4 is 5.14 Å². The van der Waals surface area contributed by atoms with Crippen molar-refractivity contribution in [3.05, 3.63) is 29.6 Å². The van der Waals surface area contributed by atoms with Crippen molar-refractivity contribution in [1.29, 1.82) is 0 Å². The van der Waals surface area contributed by atoms with Gasteiger partial charge in [0, 0.05) is 6.42 Å². The van der Waals surface area contributed by atoms with Crippen molar-refractivity contribution < 1.29 is 27.1 Å². The van der Waals surface area contributed by atoms with Gasteiger partial charge < -0.3 is 4.74 Å². The van der Waals surface area contributed by atoms with Crippen LogP contribution in [0.2, 0.25) is 0 Å². The van der Waals surface area contributed by atoms with Crippen LogP contribution in [0.5, 0.6) is 0 Å². The van der Waals surface area contributed by atoms with Crippen LogP contribution in [-0.4, -0.2) is 26.8 Å². The van der Waals surface area contributed by atoms with Crippen molar-refractivity contribution in [1.82, 2.24) is 0 Å². The van der Waals surface area contributed by atoms with Crippen molar-refractivity contribution >= 4 is 21.8 Å². The number of Topliss-reactive ketones (excluding diaryl/α,β-unsaturated/α-hetero) is 1. The van der Waals surface area contributed by atoms with Crippen molar-refractivity contribution in [2.24, 2.45) is 17.0 Å². The minimum atomic E-state index is -4.16. The third kappa shape index (κ3) is 4.85. The number of nitrogens with two attached hydrogens (primary N) is 1. The molecule has 1 aliphatic carbocycles. The van der Waals surface area contributed by atoms with Crippen molar-refractivity contribution in [3.63, 3.8) is 0 Å². The van der Waals surface area contributed by atoms with Gasteiger partial charge in [0.05, 0.1) is 6.61 Å². The lowest BCUT2D eigenvalue weighted by Gasteiger charge is -2.15. The minimum Gasteiger partial charge on any atom is -0.465 e. The van der Waals surface area contributed by atoms with E-state index in [2.05, 4.69) is 0 Å². The predicted molar refractivity (Wildman–Crippen MR) is 83.9 cm³/mol. The molecule has 1 aliphatic rings. The Morgan fingerprint density at radius 2 is 2.04 bits per heavy atom. The summed E-state index contributed by atoms with van der Waals surface area (Å²) < 4.78 is 41.3. The Balaban J connectivity index is 2.20. The molecular formula is C16H20FNO5S. The van der Waals surface area contributed by atoms with Crippen LogP contribution in [0.25, 0.3) is 0 Å².